The first-order valence-electron chi connectivity index (χ1n) is 4.92. The van der Waals surface area contributed by atoms with Gasteiger partial charge >= 0.3 is 0 Å². The minimum Gasteiger partial charge on any atom is -0.347 e. The van der Waals surface area contributed by atoms with E-state index in [1.807, 2.05) is 13.8 Å². The second-order valence-corrected chi connectivity index (χ2v) is 6.40. The quantitative estimate of drug-likeness (QED) is 0.742. The van der Waals surface area contributed by atoms with E-state index in [1.54, 1.807) is 23.1 Å². The number of hydrogen-bond donors (Lipinski definition) is 0. The third kappa shape index (κ3) is 2.23. The molecule has 0 radical (unpaired) electrons. The number of thioether (sulfide) groups is 1. The maximum absolute atomic E-state index is 5.96. The van der Waals surface area contributed by atoms with Gasteiger partial charge < -0.3 is 9.47 Å². The van der Waals surface area contributed by atoms with Crippen LogP contribution in [0.15, 0.2) is 15.7 Å². The van der Waals surface area contributed by atoms with E-state index in [2.05, 4.69) is 24.6 Å². The van der Waals surface area contributed by atoms with Crippen molar-refractivity contribution in [3.8, 4) is 0 Å². The number of hydrogen-bond acceptors (Lipinski definition) is 4. The van der Waals surface area contributed by atoms with Gasteiger partial charge in [-0.3, -0.25) is 0 Å². The number of ether oxygens (including phenoxy) is 2. The molecule has 1 fully saturated rings. The van der Waals surface area contributed by atoms with Crippen molar-refractivity contribution in [3.63, 3.8) is 0 Å². The molecule has 1 aromatic rings. The molecule has 2 heterocycles. The Labute approximate surface area is 99.0 Å². The van der Waals surface area contributed by atoms with Crippen LogP contribution < -0.4 is 0 Å². The Morgan fingerprint density at radius 3 is 2.60 bits per heavy atom. The first kappa shape index (κ1) is 11.5. The summed E-state index contributed by atoms with van der Waals surface area (Å²) in [6.45, 7) is 6.64. The molecule has 1 saturated heterocycles. The van der Waals surface area contributed by atoms with Gasteiger partial charge in [0.25, 0.3) is 0 Å². The third-order valence-corrected chi connectivity index (χ3v) is 4.58. The molecular weight excluding hydrogens is 228 g/mol. The Morgan fingerprint density at radius 1 is 1.40 bits per heavy atom. The lowest BCUT2D eigenvalue weighted by Crippen LogP contribution is -2.27. The highest BCUT2D eigenvalue weighted by molar-refractivity contribution is 8.00. The molecule has 0 saturated carbocycles. The van der Waals surface area contributed by atoms with Gasteiger partial charge in [0.1, 0.15) is 5.60 Å². The van der Waals surface area contributed by atoms with E-state index in [9.17, 15) is 0 Å². The van der Waals surface area contributed by atoms with E-state index in [0.29, 0.717) is 6.61 Å². The van der Waals surface area contributed by atoms with Crippen LogP contribution in [0.1, 0.15) is 26.3 Å². The Balaban J connectivity index is 2.23. The molecule has 2 rings (SSSR count). The number of thiophene rings is 1. The van der Waals surface area contributed by atoms with Crippen LogP contribution >= 0.6 is 23.1 Å². The predicted octanol–water partition coefficient (Wildman–Crippen LogP) is 3.47. The Morgan fingerprint density at radius 2 is 2.13 bits per heavy atom. The van der Waals surface area contributed by atoms with Crippen LogP contribution in [0.5, 0.6) is 0 Å². The van der Waals surface area contributed by atoms with Crippen molar-refractivity contribution >= 4 is 23.1 Å². The molecule has 1 aliphatic heterocycles. The zero-order valence-corrected chi connectivity index (χ0v) is 11.1. The highest BCUT2D eigenvalue weighted by Gasteiger charge is 2.43. The summed E-state index contributed by atoms with van der Waals surface area (Å²) < 4.78 is 12.9. The lowest BCUT2D eigenvalue weighted by atomic mass is 10.0. The standard InChI is InChI=1S/C11H16O2S2/c1-10(2)12-7-11(3,13-10)8-5-9(14-4)15-6-8/h5-6H,7H2,1-4H3/t11-/m0/s1. The fraction of sp³-hybridized carbons (Fsp3) is 0.636. The summed E-state index contributed by atoms with van der Waals surface area (Å²) in [7, 11) is 0. The summed E-state index contributed by atoms with van der Waals surface area (Å²) in [5.41, 5.74) is 0.941. The summed E-state index contributed by atoms with van der Waals surface area (Å²) in [6.07, 6.45) is 2.09. The van der Waals surface area contributed by atoms with Crippen molar-refractivity contribution in [1.82, 2.24) is 0 Å². The van der Waals surface area contributed by atoms with Gasteiger partial charge in [-0.25, -0.2) is 0 Å². The predicted molar refractivity (Wildman–Crippen MR) is 64.6 cm³/mol. The van der Waals surface area contributed by atoms with Crippen molar-refractivity contribution in [1.29, 1.82) is 0 Å². The summed E-state index contributed by atoms with van der Waals surface area (Å²) in [4.78, 5) is 0. The summed E-state index contributed by atoms with van der Waals surface area (Å²) in [5, 5.41) is 2.16. The molecular formula is C11H16O2S2. The zero-order valence-electron chi connectivity index (χ0n) is 9.49. The van der Waals surface area contributed by atoms with Crippen LogP contribution in [0.4, 0.5) is 0 Å². The second kappa shape index (κ2) is 3.77. The molecule has 0 spiro atoms. The molecule has 2 nitrogen and oxygen atoms in total. The molecule has 15 heavy (non-hydrogen) atoms. The van der Waals surface area contributed by atoms with E-state index in [1.165, 1.54) is 9.77 Å². The van der Waals surface area contributed by atoms with Crippen molar-refractivity contribution in [3.05, 3.63) is 17.0 Å². The van der Waals surface area contributed by atoms with Crippen molar-refractivity contribution in [2.24, 2.45) is 0 Å². The minimum atomic E-state index is -0.462. The van der Waals surface area contributed by atoms with Crippen molar-refractivity contribution in [2.75, 3.05) is 12.9 Å². The molecule has 0 aromatic carbocycles. The van der Waals surface area contributed by atoms with Crippen LogP contribution in [-0.2, 0) is 15.1 Å². The second-order valence-electron chi connectivity index (χ2n) is 4.38. The molecule has 0 unspecified atom stereocenters. The van der Waals surface area contributed by atoms with Gasteiger partial charge in [-0.2, -0.15) is 0 Å². The largest absolute Gasteiger partial charge is 0.347 e. The molecule has 1 aromatic heterocycles. The van der Waals surface area contributed by atoms with Crippen LogP contribution in [0.25, 0.3) is 0 Å². The fourth-order valence-corrected chi connectivity index (χ4v) is 3.29. The molecule has 1 aliphatic rings. The summed E-state index contributed by atoms with van der Waals surface area (Å²) in [6, 6.07) is 2.19. The van der Waals surface area contributed by atoms with E-state index in [4.69, 9.17) is 9.47 Å². The Kier molecular flexibility index (Phi) is 2.88. The summed E-state index contributed by atoms with van der Waals surface area (Å²) >= 11 is 3.53. The fourth-order valence-electron chi connectivity index (χ4n) is 1.76. The first-order valence-corrected chi connectivity index (χ1v) is 7.03. The molecule has 1 atom stereocenters. The number of rotatable bonds is 2. The van der Waals surface area contributed by atoms with E-state index in [-0.39, 0.29) is 5.60 Å². The third-order valence-electron chi connectivity index (χ3n) is 2.55. The van der Waals surface area contributed by atoms with Crippen LogP contribution in [0, 0.1) is 0 Å². The normalized spacial score (nSPS) is 29.6. The minimum absolute atomic E-state index is 0.284. The average Bonchev–Trinajstić information content (AvgIpc) is 2.71. The molecule has 0 bridgehead atoms. The van der Waals surface area contributed by atoms with Crippen LogP contribution in [0.2, 0.25) is 0 Å². The van der Waals surface area contributed by atoms with E-state index in [0.717, 1.165) is 0 Å². The lowest BCUT2D eigenvalue weighted by molar-refractivity contribution is -0.159. The Hall–Kier alpha value is -0.0300. The van der Waals surface area contributed by atoms with Gasteiger partial charge in [0.2, 0.25) is 0 Å². The maximum atomic E-state index is 5.96. The molecule has 84 valence electrons. The summed E-state index contributed by atoms with van der Waals surface area (Å²) in [5.74, 6) is -0.462. The first-order chi connectivity index (χ1) is 6.95. The maximum Gasteiger partial charge on any atom is 0.164 e. The molecule has 4 heteroatoms. The van der Waals surface area contributed by atoms with E-state index < -0.39 is 5.79 Å². The Bertz CT molecular complexity index is 359. The average molecular weight is 244 g/mol. The van der Waals surface area contributed by atoms with Crippen LogP contribution in [0.3, 0.4) is 0 Å². The van der Waals surface area contributed by atoms with Crippen molar-refractivity contribution < 1.29 is 9.47 Å². The van der Waals surface area contributed by atoms with Gasteiger partial charge in [0.05, 0.1) is 10.8 Å². The van der Waals surface area contributed by atoms with Crippen LogP contribution in [-0.4, -0.2) is 18.6 Å². The topological polar surface area (TPSA) is 18.5 Å². The van der Waals surface area contributed by atoms with Crippen molar-refractivity contribution in [2.45, 2.75) is 36.4 Å². The van der Waals surface area contributed by atoms with Gasteiger partial charge in [0, 0.05) is 0 Å². The molecule has 0 N–H and O–H groups in total. The van der Waals surface area contributed by atoms with E-state index >= 15 is 0 Å². The van der Waals surface area contributed by atoms with Gasteiger partial charge in [-0.1, -0.05) is 0 Å². The monoisotopic (exact) mass is 244 g/mol. The molecule has 0 amide bonds. The highest BCUT2D eigenvalue weighted by Crippen LogP contribution is 2.41. The zero-order chi connectivity index (χ0) is 11.1. The molecule has 0 aliphatic carbocycles. The lowest BCUT2D eigenvalue weighted by Gasteiger charge is -2.24. The van der Waals surface area contributed by atoms with Gasteiger partial charge in [0.15, 0.2) is 5.79 Å². The van der Waals surface area contributed by atoms with Gasteiger partial charge in [-0.05, 0) is 44.0 Å². The highest BCUT2D eigenvalue weighted by atomic mass is 32.2. The smallest absolute Gasteiger partial charge is 0.164 e. The SMILES string of the molecule is CSc1cc([C@]2(C)COC(C)(C)O2)cs1. The van der Waals surface area contributed by atoms with Gasteiger partial charge in [-0.15, -0.1) is 23.1 Å².